The average Bonchev–Trinajstić information content (AvgIpc) is 3.16. The Bertz CT molecular complexity index is 1040. The first-order valence-electron chi connectivity index (χ1n) is 10.3. The van der Waals surface area contributed by atoms with Gasteiger partial charge in [0.1, 0.15) is 5.69 Å². The molecular weight excluding hydrogens is 478 g/mol. The van der Waals surface area contributed by atoms with Crippen molar-refractivity contribution in [3.63, 3.8) is 0 Å². The number of aromatic nitrogens is 1. The molecule has 1 aromatic carbocycles. The molecule has 1 N–H and O–H groups in total. The maximum absolute atomic E-state index is 13.1. The van der Waals surface area contributed by atoms with Crippen molar-refractivity contribution >= 4 is 39.3 Å². The van der Waals surface area contributed by atoms with E-state index in [4.69, 9.17) is 4.74 Å². The van der Waals surface area contributed by atoms with Gasteiger partial charge in [-0.3, -0.25) is 14.5 Å². The number of carbonyl (C=O) groups excluding carboxylic acids is 3. The lowest BCUT2D eigenvalue weighted by Crippen LogP contribution is -2.58. The van der Waals surface area contributed by atoms with Crippen molar-refractivity contribution < 1.29 is 19.1 Å². The molecule has 2 atom stereocenters. The molecule has 1 saturated heterocycles. The highest BCUT2D eigenvalue weighted by molar-refractivity contribution is 9.10. The molecule has 32 heavy (non-hydrogen) atoms. The van der Waals surface area contributed by atoms with E-state index in [9.17, 15) is 14.4 Å². The second-order valence-electron chi connectivity index (χ2n) is 8.19. The molecule has 0 aliphatic carbocycles. The van der Waals surface area contributed by atoms with Gasteiger partial charge in [0.15, 0.2) is 12.0 Å². The maximum Gasteiger partial charge on any atom is 0.322 e. The van der Waals surface area contributed by atoms with Crippen LogP contribution in [0.25, 0.3) is 0 Å². The van der Waals surface area contributed by atoms with Crippen LogP contribution in [0.3, 0.4) is 0 Å². The number of hydrogen-bond acceptors (Lipinski definition) is 5. The Kier molecular flexibility index (Phi) is 6.25. The molecule has 9 nitrogen and oxygen atoms in total. The first-order valence-corrected chi connectivity index (χ1v) is 11.1. The van der Waals surface area contributed by atoms with Crippen molar-refractivity contribution in [3.05, 3.63) is 52.3 Å². The van der Waals surface area contributed by atoms with Gasteiger partial charge in [0, 0.05) is 26.3 Å². The molecule has 1 aromatic heterocycles. The van der Waals surface area contributed by atoms with E-state index in [2.05, 4.69) is 21.2 Å². The van der Waals surface area contributed by atoms with E-state index < -0.39 is 12.3 Å². The highest BCUT2D eigenvalue weighted by Crippen LogP contribution is 2.30. The monoisotopic (exact) mass is 503 g/mol. The Labute approximate surface area is 195 Å². The van der Waals surface area contributed by atoms with Crippen LogP contribution >= 0.6 is 15.9 Å². The standard InChI is InChI=1S/C22H26BrN5O4/c1-14-4-6-15(7-5-14)27-12-25(2)22(31)26(13-27)11-16(29)10-18-21(32-3)24-20(30)17-8-9-19(23)28(17)18/h4-9,18,21H,10-13H2,1-3H3,(H,24,30)/t18-,21-/m1/s1. The lowest BCUT2D eigenvalue weighted by atomic mass is 10.1. The van der Waals surface area contributed by atoms with Crippen LogP contribution in [0, 0.1) is 6.92 Å². The fraction of sp³-hybridized carbons (Fsp3) is 0.409. The van der Waals surface area contributed by atoms with E-state index in [1.54, 1.807) is 33.5 Å². The molecule has 2 aliphatic rings. The number of fused-ring (bicyclic) bond motifs is 1. The summed E-state index contributed by atoms with van der Waals surface area (Å²) in [5.41, 5.74) is 2.61. The van der Waals surface area contributed by atoms with Crippen LogP contribution in [-0.4, -0.2) is 72.4 Å². The van der Waals surface area contributed by atoms with E-state index in [0.29, 0.717) is 23.6 Å². The number of nitrogens with one attached hydrogen (secondary N) is 1. The van der Waals surface area contributed by atoms with Gasteiger partial charge in [-0.05, 0) is 47.1 Å². The molecule has 0 unspecified atom stereocenters. The van der Waals surface area contributed by atoms with Crippen molar-refractivity contribution in [1.29, 1.82) is 0 Å². The van der Waals surface area contributed by atoms with Crippen LogP contribution in [0.5, 0.6) is 0 Å². The number of Topliss-reactive ketones (excluding diaryl/α,β-unsaturated/α-hetero) is 1. The molecule has 4 rings (SSSR count). The topological polar surface area (TPSA) is 87.1 Å². The number of hydrogen-bond donors (Lipinski definition) is 1. The van der Waals surface area contributed by atoms with Crippen molar-refractivity contribution in [1.82, 2.24) is 19.7 Å². The molecule has 0 radical (unpaired) electrons. The summed E-state index contributed by atoms with van der Waals surface area (Å²) in [7, 11) is 3.22. The fourth-order valence-corrected chi connectivity index (χ4v) is 4.80. The van der Waals surface area contributed by atoms with Crippen LogP contribution in [0.15, 0.2) is 41.0 Å². The summed E-state index contributed by atoms with van der Waals surface area (Å²) >= 11 is 3.46. The summed E-state index contributed by atoms with van der Waals surface area (Å²) in [6, 6.07) is 10.9. The van der Waals surface area contributed by atoms with Crippen molar-refractivity contribution in [2.24, 2.45) is 0 Å². The number of amides is 3. The Morgan fingerprint density at radius 1 is 1.16 bits per heavy atom. The highest BCUT2D eigenvalue weighted by atomic mass is 79.9. The number of anilines is 1. The van der Waals surface area contributed by atoms with Crippen LogP contribution in [0.4, 0.5) is 10.5 Å². The molecule has 3 heterocycles. The van der Waals surface area contributed by atoms with Gasteiger partial charge in [-0.2, -0.15) is 0 Å². The summed E-state index contributed by atoms with van der Waals surface area (Å²) in [6.07, 6.45) is -0.539. The molecule has 170 valence electrons. The Morgan fingerprint density at radius 3 is 2.56 bits per heavy atom. The van der Waals surface area contributed by atoms with Crippen LogP contribution in [0.1, 0.15) is 28.5 Å². The number of benzene rings is 1. The molecule has 0 spiro atoms. The van der Waals surface area contributed by atoms with Gasteiger partial charge in [0.25, 0.3) is 5.91 Å². The molecular formula is C22H26BrN5O4. The van der Waals surface area contributed by atoms with Gasteiger partial charge in [-0.1, -0.05) is 17.7 Å². The zero-order valence-corrected chi connectivity index (χ0v) is 19.8. The van der Waals surface area contributed by atoms with Crippen molar-refractivity contribution in [2.45, 2.75) is 25.6 Å². The first-order chi connectivity index (χ1) is 15.3. The van der Waals surface area contributed by atoms with E-state index in [1.165, 1.54) is 7.11 Å². The summed E-state index contributed by atoms with van der Waals surface area (Å²) in [5, 5.41) is 2.79. The predicted octanol–water partition coefficient (Wildman–Crippen LogP) is 2.56. The number of ketones is 1. The number of urea groups is 1. The summed E-state index contributed by atoms with van der Waals surface area (Å²) < 4.78 is 7.91. The molecule has 1 fully saturated rings. The maximum atomic E-state index is 13.1. The van der Waals surface area contributed by atoms with Gasteiger partial charge in [0.2, 0.25) is 0 Å². The minimum atomic E-state index is -0.647. The molecule has 10 heteroatoms. The number of methoxy groups -OCH3 is 1. The first kappa shape index (κ1) is 22.3. The van der Waals surface area contributed by atoms with Gasteiger partial charge in [-0.25, -0.2) is 4.79 Å². The van der Waals surface area contributed by atoms with Gasteiger partial charge in [0.05, 0.1) is 30.5 Å². The summed E-state index contributed by atoms with van der Waals surface area (Å²) in [6.45, 7) is 2.77. The lowest BCUT2D eigenvalue weighted by molar-refractivity contribution is -0.122. The molecule has 0 bridgehead atoms. The Balaban J connectivity index is 1.49. The third-order valence-electron chi connectivity index (χ3n) is 5.83. The average molecular weight is 504 g/mol. The van der Waals surface area contributed by atoms with Crippen LogP contribution < -0.4 is 10.2 Å². The van der Waals surface area contributed by atoms with E-state index in [1.807, 2.05) is 36.1 Å². The SMILES string of the molecule is CO[C@H]1NC(=O)c2ccc(Br)n2[C@@H]1CC(=O)CN1CN(c2ccc(C)cc2)CN(C)C1=O. The zero-order valence-electron chi connectivity index (χ0n) is 18.2. The fourth-order valence-electron chi connectivity index (χ4n) is 4.21. The van der Waals surface area contributed by atoms with E-state index >= 15 is 0 Å². The molecule has 2 aromatic rings. The van der Waals surface area contributed by atoms with Gasteiger partial charge >= 0.3 is 6.03 Å². The van der Waals surface area contributed by atoms with Crippen molar-refractivity contribution in [2.75, 3.05) is 38.9 Å². The number of halogens is 1. The summed E-state index contributed by atoms with van der Waals surface area (Å²) in [4.78, 5) is 43.3. The number of rotatable bonds is 6. The third-order valence-corrected chi connectivity index (χ3v) is 6.48. The second-order valence-corrected chi connectivity index (χ2v) is 9.00. The van der Waals surface area contributed by atoms with Crippen LogP contribution in [0.2, 0.25) is 0 Å². The van der Waals surface area contributed by atoms with Crippen molar-refractivity contribution in [3.8, 4) is 0 Å². The van der Waals surface area contributed by atoms with E-state index in [0.717, 1.165) is 11.3 Å². The quantitative estimate of drug-likeness (QED) is 0.654. The number of aryl methyl sites for hydroxylation is 1. The highest BCUT2D eigenvalue weighted by Gasteiger charge is 2.37. The van der Waals surface area contributed by atoms with Gasteiger partial charge in [-0.15, -0.1) is 0 Å². The molecule has 2 aliphatic heterocycles. The minimum absolute atomic E-state index is 0.0271. The lowest BCUT2D eigenvalue weighted by Gasteiger charge is -2.41. The molecule has 0 saturated carbocycles. The summed E-state index contributed by atoms with van der Waals surface area (Å²) in [5.74, 6) is -0.375. The third kappa shape index (κ3) is 4.24. The van der Waals surface area contributed by atoms with Gasteiger partial charge < -0.3 is 24.4 Å². The van der Waals surface area contributed by atoms with E-state index in [-0.39, 0.29) is 30.7 Å². The Hall–Kier alpha value is -2.85. The zero-order chi connectivity index (χ0) is 23.0. The number of carbonyl (C=O) groups is 3. The predicted molar refractivity (Wildman–Crippen MR) is 122 cm³/mol. The van der Waals surface area contributed by atoms with Crippen LogP contribution in [-0.2, 0) is 9.53 Å². The number of ether oxygens (including phenoxy) is 1. The Morgan fingerprint density at radius 2 is 1.88 bits per heavy atom. The largest absolute Gasteiger partial charge is 0.359 e. The minimum Gasteiger partial charge on any atom is -0.359 e. The second kappa shape index (κ2) is 8.95. The normalized spacial score (nSPS) is 20.9. The molecule has 3 amide bonds. The smallest absolute Gasteiger partial charge is 0.322 e. The number of nitrogens with zero attached hydrogens (tertiary/aromatic N) is 4.